The molecular weight excluding hydrogens is 1880 g/mol. The van der Waals surface area contributed by atoms with Gasteiger partial charge in [-0.05, 0) is 112 Å². The molecule has 15 atom stereocenters. The molecule has 0 saturated carbocycles. The number of fused-ring (bicyclic) bond motifs is 5. The molecule has 0 unspecified atom stereocenters. The van der Waals surface area contributed by atoms with Crippen LogP contribution in [-0.2, 0) is 115 Å². The number of carbonyl (C=O) groups is 19. The molecule has 0 aliphatic carbocycles. The second-order valence-corrected chi connectivity index (χ2v) is 35.4. The fourth-order valence-corrected chi connectivity index (χ4v) is 16.1. The fraction of sp³-hybridized carbons (Fsp3) is 0.568. The first-order valence-electron chi connectivity index (χ1n) is 43.5. The van der Waals surface area contributed by atoms with Crippen molar-refractivity contribution in [3.05, 3.63) is 64.7 Å². The largest absolute Gasteiger partial charge is 0.508 e. The van der Waals surface area contributed by atoms with Crippen molar-refractivity contribution < 1.29 is 122 Å². The summed E-state index contributed by atoms with van der Waals surface area (Å²) in [4.78, 5) is 269. The summed E-state index contributed by atoms with van der Waals surface area (Å²) in [6.45, 7) is 0.520. The number of carboxylic acids is 3. The monoisotopic (exact) mass is 2000 g/mol. The normalized spacial score (nSPS) is 23.4. The van der Waals surface area contributed by atoms with Gasteiger partial charge in [0, 0.05) is 73.5 Å². The summed E-state index contributed by atoms with van der Waals surface area (Å²) in [5.74, 6) is -28.3. The van der Waals surface area contributed by atoms with Crippen molar-refractivity contribution in [1.29, 1.82) is 21.6 Å². The Labute approximate surface area is 804 Å². The summed E-state index contributed by atoms with van der Waals surface area (Å²) in [6.07, 6.45) is -4.94. The number of rotatable bonds is 31. The highest BCUT2D eigenvalue weighted by atomic mass is 32.2. The number of amides is 16. The third kappa shape index (κ3) is 44.3. The quantitative estimate of drug-likeness (QED) is 0.0189. The average molecular weight is 2000 g/mol. The third-order valence-corrected chi connectivity index (χ3v) is 23.7. The average Bonchev–Trinajstić information content (AvgIpc) is 0.828. The molecule has 2 aliphatic heterocycles. The van der Waals surface area contributed by atoms with E-state index in [4.69, 9.17) is 50.3 Å². The number of phenols is 1. The number of phenolic OH excluding ortho intramolecular Hbond substituents is 1. The summed E-state index contributed by atoms with van der Waals surface area (Å²) >= 11 is 2.85. The zero-order valence-corrected chi connectivity index (χ0v) is 78.7. The molecule has 2 aromatic rings. The van der Waals surface area contributed by atoms with Crippen molar-refractivity contribution in [3.63, 3.8) is 0 Å². The van der Waals surface area contributed by atoms with Gasteiger partial charge in [0.2, 0.25) is 94.5 Å². The van der Waals surface area contributed by atoms with Crippen molar-refractivity contribution in [2.75, 3.05) is 69.7 Å². The lowest BCUT2D eigenvalue weighted by molar-refractivity contribution is -0.142. The molecule has 54 nitrogen and oxygen atoms in total. The van der Waals surface area contributed by atoms with E-state index in [1.54, 1.807) is 18.2 Å². The van der Waals surface area contributed by atoms with E-state index >= 15 is 9.59 Å². The minimum atomic E-state index is -2.20. The molecular formula is C81H127N29O25S3. The maximum Gasteiger partial charge on any atom is 0.322 e. The van der Waals surface area contributed by atoms with Crippen LogP contribution < -0.4 is 135 Å². The Morgan fingerprint density at radius 3 is 1.29 bits per heavy atom. The van der Waals surface area contributed by atoms with Gasteiger partial charge in [-0.3, -0.25) is 113 Å². The lowest BCUT2D eigenvalue weighted by Crippen LogP contribution is -2.62. The highest BCUT2D eigenvalue weighted by molar-refractivity contribution is 7.99. The van der Waals surface area contributed by atoms with Crippen LogP contribution in [0.5, 0.6) is 5.75 Å². The number of nitrogens with two attached hydrogens (primary N) is 5. The molecule has 0 radical (unpaired) electrons. The molecule has 0 aromatic heterocycles. The van der Waals surface area contributed by atoms with Gasteiger partial charge in [-0.2, -0.15) is 35.3 Å². The third-order valence-electron chi connectivity index (χ3n) is 20.3. The first-order chi connectivity index (χ1) is 65.2. The second-order valence-electron chi connectivity index (χ2n) is 32.3. The zero-order valence-electron chi connectivity index (χ0n) is 76.2. The summed E-state index contributed by atoms with van der Waals surface area (Å²) in [5, 5.41) is 141. The van der Waals surface area contributed by atoms with E-state index in [9.17, 15) is 112 Å². The van der Waals surface area contributed by atoms with E-state index < -0.39 is 291 Å². The number of benzene rings is 2. The summed E-state index contributed by atoms with van der Waals surface area (Å²) in [7, 11) is 0. The molecule has 2 aromatic carbocycles. The van der Waals surface area contributed by atoms with E-state index in [1.165, 1.54) is 45.0 Å². The van der Waals surface area contributed by atoms with Gasteiger partial charge in [0.05, 0.1) is 32.2 Å². The van der Waals surface area contributed by atoms with Crippen molar-refractivity contribution in [2.24, 2.45) is 34.6 Å². The number of aliphatic hydroxyl groups is 2. The summed E-state index contributed by atoms with van der Waals surface area (Å²) in [5.41, 5.74) is 29.5. The molecule has 0 fully saturated rings. The number of aromatic hydroxyl groups is 1. The minimum absolute atomic E-state index is 0.0375. The Balaban J connectivity index is 2.10. The highest BCUT2D eigenvalue weighted by Gasteiger charge is 2.40. The van der Waals surface area contributed by atoms with E-state index in [0.717, 1.165) is 42.2 Å². The van der Waals surface area contributed by atoms with Crippen LogP contribution in [0.4, 0.5) is 0 Å². The molecule has 0 saturated heterocycles. The molecule has 2 heterocycles. The molecule has 57 heteroatoms. The van der Waals surface area contributed by atoms with E-state index in [2.05, 4.69) is 106 Å². The van der Waals surface area contributed by atoms with Gasteiger partial charge in [-0.25, -0.2) is 0 Å². The zero-order chi connectivity index (χ0) is 103. The SMILES string of the molecule is CC(C)[C@@H]1NC(=O)[C@H](CCC(=O)O)NC(=O)[C@H](Cc2ccc(O)cc2)NC(=O)[C@H](CCCNC(=N)N)NC(=O)[C@H](CO)NC(=O)[C@@H](NC(=O)[C@H](C)N)CSCc2cc3cc(c2)CSC[C@H](NC(=O)[C@H](CC(=O)O)NC1=O)C(=O)N[C@@H](CCCNC(=N)N)C(=O)NCC(=O)N[C@@H](CCCNC(=N)N)C(=O)N[C@@H](CCCNC(=N)N)C(=O)N[C@@H](CO)C(=O)N[C@@H](C)C(=O)N[C@H](C(=O)NCC(=O)O)CSC3. The van der Waals surface area contributed by atoms with Crippen LogP contribution in [0.1, 0.15) is 121 Å². The predicted molar refractivity (Wildman–Crippen MR) is 501 cm³/mol. The standard InChI is InChI=1S/C81H127N29O25S3/c1-38(2)62-77(135)104-52(27-60(117)118)72(130)109-57-37-138-34-44-24-42(23-43(25-44)33-137-36-56(107-63(121)39(3)82)76(134)106-54(31-112)74(132)101-48(11-7-21-93-80(87)88)68(126)103-51(26-41-13-15-45(113)16-14-41)71(129)102-50(70(128)110-62)17-18-59(115)116)32-136-35-55(66(124)96-29-61(119)120)108-64(122)40(4)97-73(131)53(30-111)105-69(127)49(12-8-22-94-81(89)90)100-67(125)47(10-6-20-92-79(85)86)98-58(114)28-95-65(123)46(99-75(57)133)9-5-19-91-78(83)84/h13-16,23-25,38-40,46-57,62,111-113H,5-12,17-22,26-37,82H2,1-4H3,(H,95,123)(H,96,124)(H,97,131)(H,98,114)(H,99,133)(H,100,125)(H,101,132)(H,102,129)(H,103,126)(H,104,135)(H,105,127)(H,106,134)(H,107,121)(H,108,122)(H,109,130)(H,110,128)(H,115,116)(H,117,118)(H,119,120)(H4,83,84,91)(H4,85,86,92)(H4,87,88,93)(H4,89,90,94)/t39-,40-,46-,47-,48-,49-,50-,51-,52-,53-,54-,55-,56-,57-,62-/m0/s1. The highest BCUT2D eigenvalue weighted by Crippen LogP contribution is 2.26. The van der Waals surface area contributed by atoms with Crippen molar-refractivity contribution in [2.45, 2.75) is 213 Å². The van der Waals surface area contributed by atoms with Crippen LogP contribution in [0, 0.1) is 27.6 Å². The van der Waals surface area contributed by atoms with Crippen molar-refractivity contribution >= 4 is 172 Å². The number of thioether (sulfide) groups is 3. The maximum absolute atomic E-state index is 15.3. The van der Waals surface area contributed by atoms with Crippen molar-refractivity contribution in [1.82, 2.24) is 106 Å². The maximum atomic E-state index is 15.3. The lowest BCUT2D eigenvalue weighted by atomic mass is 10.0. The van der Waals surface area contributed by atoms with Crippen LogP contribution in [0.2, 0.25) is 0 Å². The molecule has 764 valence electrons. The number of aliphatic hydroxyl groups excluding tert-OH is 2. The number of carboxylic acid groups (broad SMARTS) is 3. The number of hydrogen-bond donors (Lipinski definition) is 35. The van der Waals surface area contributed by atoms with Crippen LogP contribution >= 0.6 is 35.3 Å². The number of nitrogens with one attached hydrogen (secondary N) is 24. The Bertz CT molecular complexity index is 4640. The van der Waals surface area contributed by atoms with Gasteiger partial charge < -0.3 is 166 Å². The summed E-state index contributed by atoms with van der Waals surface area (Å²) in [6, 6.07) is -16.4. The molecule has 0 spiro atoms. The Morgan fingerprint density at radius 2 is 0.833 bits per heavy atom. The first-order valence-corrected chi connectivity index (χ1v) is 47.0. The van der Waals surface area contributed by atoms with Gasteiger partial charge in [0.1, 0.15) is 96.9 Å². The van der Waals surface area contributed by atoms with Gasteiger partial charge in [-0.1, -0.05) is 44.2 Å². The summed E-state index contributed by atoms with van der Waals surface area (Å²) < 4.78 is 0. The lowest BCUT2D eigenvalue weighted by Gasteiger charge is -2.29. The number of carbonyl (C=O) groups excluding carboxylic acids is 16. The van der Waals surface area contributed by atoms with E-state index in [0.29, 0.717) is 16.7 Å². The number of hydrogen-bond acceptors (Lipinski definition) is 30. The van der Waals surface area contributed by atoms with Gasteiger partial charge in [0.15, 0.2) is 23.8 Å². The van der Waals surface area contributed by atoms with E-state index in [-0.39, 0.29) is 118 Å². The van der Waals surface area contributed by atoms with Gasteiger partial charge in [0.25, 0.3) is 0 Å². The van der Waals surface area contributed by atoms with Crippen LogP contribution in [0.3, 0.4) is 0 Å². The molecule has 4 bridgehead atoms. The molecule has 138 heavy (non-hydrogen) atoms. The predicted octanol–water partition coefficient (Wildman–Crippen LogP) is -11.1. The van der Waals surface area contributed by atoms with Crippen LogP contribution in [0.15, 0.2) is 42.5 Å². The molecule has 4 rings (SSSR count). The van der Waals surface area contributed by atoms with E-state index in [1.807, 2.05) is 0 Å². The Kier molecular flexibility index (Phi) is 51.2. The van der Waals surface area contributed by atoms with Gasteiger partial charge >= 0.3 is 17.9 Å². The Morgan fingerprint density at radius 1 is 0.435 bits per heavy atom. The fourth-order valence-electron chi connectivity index (χ4n) is 13.1. The van der Waals surface area contributed by atoms with Crippen LogP contribution in [-0.4, -0.2) is 327 Å². The second kappa shape index (κ2) is 60.6. The van der Waals surface area contributed by atoms with Gasteiger partial charge in [-0.15, -0.1) is 0 Å². The minimum Gasteiger partial charge on any atom is -0.508 e. The molecule has 16 amide bonds. The van der Waals surface area contributed by atoms with Crippen LogP contribution in [0.25, 0.3) is 0 Å². The molecule has 40 N–H and O–H groups in total. The number of aliphatic carboxylic acids is 3. The van der Waals surface area contributed by atoms with Crippen molar-refractivity contribution in [3.8, 4) is 5.75 Å². The smallest absolute Gasteiger partial charge is 0.322 e. The topological polar surface area (TPSA) is 912 Å². The number of guanidine groups is 4. The Hall–Kier alpha value is -13.8. The molecule has 2 aliphatic rings. The first kappa shape index (κ1) is 116.